The molecule has 5 heteroatoms. The number of aliphatic hydroxyl groups is 1. The maximum Gasteiger partial charge on any atom is 0.254 e. The van der Waals surface area contributed by atoms with E-state index in [0.717, 1.165) is 16.4 Å². The average molecular weight is 366 g/mol. The Morgan fingerprint density at radius 1 is 1.59 bits per heavy atom. The minimum atomic E-state index is -0.0418. The van der Waals surface area contributed by atoms with Gasteiger partial charge in [0.1, 0.15) is 0 Å². The normalized spacial score (nSPS) is 19.7. The van der Waals surface area contributed by atoms with Crippen LogP contribution < -0.4 is 0 Å². The number of hydrogen-bond acceptors (Lipinski definition) is 2. The van der Waals surface area contributed by atoms with Crippen LogP contribution in [0.4, 0.5) is 0 Å². The summed E-state index contributed by atoms with van der Waals surface area (Å²) in [7, 11) is 0. The van der Waals surface area contributed by atoms with Crippen molar-refractivity contribution in [2.45, 2.75) is 18.9 Å². The van der Waals surface area contributed by atoms with Gasteiger partial charge in [-0.2, -0.15) is 0 Å². The van der Waals surface area contributed by atoms with Gasteiger partial charge in [-0.05, 0) is 53.6 Å². The van der Waals surface area contributed by atoms with Crippen molar-refractivity contribution in [1.29, 1.82) is 0 Å². The minimum absolute atomic E-state index is 0.0316. The summed E-state index contributed by atoms with van der Waals surface area (Å²) in [5.41, 5.74) is 0.593. The Morgan fingerprint density at radius 2 is 2.35 bits per heavy atom. The van der Waals surface area contributed by atoms with Gasteiger partial charge in [0.05, 0.1) is 17.7 Å². The lowest BCUT2D eigenvalue weighted by molar-refractivity contribution is 0.0677. The molecule has 0 bridgehead atoms. The highest BCUT2D eigenvalue weighted by molar-refractivity contribution is 14.1. The maximum atomic E-state index is 12.2. The van der Waals surface area contributed by atoms with E-state index in [0.29, 0.717) is 17.1 Å². The highest BCUT2D eigenvalue weighted by Gasteiger charge is 2.28. The standard InChI is InChI=1S/C12H13ClINO2/c13-10-6-8(3-4-11(10)14)12(17)15-5-1-2-9(15)7-16/h3-4,6,9,16H,1-2,5,7H2/t9-/m1/s1. The molecule has 0 aromatic heterocycles. The molecule has 0 unspecified atom stereocenters. The molecule has 1 aliphatic rings. The van der Waals surface area contributed by atoms with Crippen LogP contribution >= 0.6 is 34.2 Å². The number of amides is 1. The molecule has 17 heavy (non-hydrogen) atoms. The summed E-state index contributed by atoms with van der Waals surface area (Å²) in [5, 5.41) is 9.80. The molecule has 0 spiro atoms. The lowest BCUT2D eigenvalue weighted by Crippen LogP contribution is -2.37. The van der Waals surface area contributed by atoms with Crippen molar-refractivity contribution in [3.05, 3.63) is 32.4 Å². The molecule has 1 saturated heterocycles. The molecule has 1 aliphatic heterocycles. The molecule has 92 valence electrons. The number of halogens is 2. The first-order valence-corrected chi connectivity index (χ1v) is 6.96. The van der Waals surface area contributed by atoms with E-state index < -0.39 is 0 Å². The summed E-state index contributed by atoms with van der Waals surface area (Å²) in [4.78, 5) is 14.0. The Hall–Kier alpha value is -0.330. The summed E-state index contributed by atoms with van der Waals surface area (Å²) in [5.74, 6) is -0.0418. The van der Waals surface area contributed by atoms with Gasteiger partial charge in [-0.25, -0.2) is 0 Å². The van der Waals surface area contributed by atoms with Crippen molar-refractivity contribution in [2.75, 3.05) is 13.2 Å². The predicted molar refractivity (Wildman–Crippen MR) is 75.3 cm³/mol. The monoisotopic (exact) mass is 365 g/mol. The second kappa shape index (κ2) is 5.54. The van der Waals surface area contributed by atoms with E-state index in [2.05, 4.69) is 22.6 Å². The molecule has 1 aromatic carbocycles. The van der Waals surface area contributed by atoms with Crippen molar-refractivity contribution in [3.8, 4) is 0 Å². The third-order valence-electron chi connectivity index (χ3n) is 3.02. The van der Waals surface area contributed by atoms with E-state index >= 15 is 0 Å². The van der Waals surface area contributed by atoms with Gasteiger partial charge in [-0.1, -0.05) is 11.6 Å². The Bertz CT molecular complexity index is 439. The smallest absolute Gasteiger partial charge is 0.254 e. The molecule has 1 aromatic rings. The van der Waals surface area contributed by atoms with Crippen molar-refractivity contribution < 1.29 is 9.90 Å². The fourth-order valence-electron chi connectivity index (χ4n) is 2.09. The number of carbonyl (C=O) groups is 1. The Balaban J connectivity index is 2.21. The summed E-state index contributed by atoms with van der Waals surface area (Å²) < 4.78 is 0.931. The summed E-state index contributed by atoms with van der Waals surface area (Å²) in [6.07, 6.45) is 1.83. The maximum absolute atomic E-state index is 12.2. The van der Waals surface area contributed by atoms with Gasteiger partial charge < -0.3 is 10.0 Å². The third-order valence-corrected chi connectivity index (χ3v) is 4.59. The van der Waals surface area contributed by atoms with Gasteiger partial charge in [0.25, 0.3) is 5.91 Å². The summed E-state index contributed by atoms with van der Waals surface area (Å²) in [6.45, 7) is 0.748. The zero-order chi connectivity index (χ0) is 12.4. The lowest BCUT2D eigenvalue weighted by atomic mass is 10.2. The van der Waals surface area contributed by atoms with Crippen molar-refractivity contribution in [2.24, 2.45) is 0 Å². The van der Waals surface area contributed by atoms with E-state index in [9.17, 15) is 9.90 Å². The number of nitrogens with zero attached hydrogens (tertiary/aromatic N) is 1. The van der Waals surface area contributed by atoms with Crippen LogP contribution in [0, 0.1) is 3.57 Å². The minimum Gasteiger partial charge on any atom is -0.394 e. The van der Waals surface area contributed by atoms with Gasteiger partial charge in [-0.15, -0.1) is 0 Å². The third kappa shape index (κ3) is 2.74. The van der Waals surface area contributed by atoms with E-state index in [1.165, 1.54) is 0 Å². The lowest BCUT2D eigenvalue weighted by Gasteiger charge is -2.23. The first-order chi connectivity index (χ1) is 8.13. The molecule has 3 nitrogen and oxygen atoms in total. The van der Waals surface area contributed by atoms with Gasteiger partial charge >= 0.3 is 0 Å². The molecule has 1 N–H and O–H groups in total. The number of benzene rings is 1. The van der Waals surface area contributed by atoms with Crippen LogP contribution in [0.25, 0.3) is 0 Å². The van der Waals surface area contributed by atoms with Gasteiger partial charge in [0.2, 0.25) is 0 Å². The van der Waals surface area contributed by atoms with Crippen LogP contribution in [0.1, 0.15) is 23.2 Å². The van der Waals surface area contributed by atoms with E-state index in [-0.39, 0.29) is 18.6 Å². The Kier molecular flexibility index (Phi) is 4.27. The molecule has 2 rings (SSSR count). The fourth-order valence-corrected chi connectivity index (χ4v) is 2.60. The van der Waals surface area contributed by atoms with E-state index in [1.807, 2.05) is 6.07 Å². The molecular weight excluding hydrogens is 352 g/mol. The SMILES string of the molecule is O=C(c1ccc(I)c(Cl)c1)N1CCC[C@@H]1CO. The zero-order valence-corrected chi connectivity index (χ0v) is 12.1. The van der Waals surface area contributed by atoms with Crippen LogP contribution in [0.2, 0.25) is 5.02 Å². The molecule has 0 saturated carbocycles. The van der Waals surface area contributed by atoms with Crippen molar-refractivity contribution >= 4 is 40.1 Å². The second-order valence-electron chi connectivity index (χ2n) is 4.11. The van der Waals surface area contributed by atoms with Crippen LogP contribution in [0.15, 0.2) is 18.2 Å². The molecule has 1 fully saturated rings. The number of hydrogen-bond donors (Lipinski definition) is 1. The van der Waals surface area contributed by atoms with Crippen LogP contribution in [-0.2, 0) is 0 Å². The highest BCUT2D eigenvalue weighted by Crippen LogP contribution is 2.23. The molecular formula is C12H13ClINO2. The molecule has 1 atom stereocenters. The predicted octanol–water partition coefficient (Wildman–Crippen LogP) is 2.54. The van der Waals surface area contributed by atoms with Gasteiger partial charge in [0, 0.05) is 15.7 Å². The quantitative estimate of drug-likeness (QED) is 0.818. The van der Waals surface area contributed by atoms with Crippen LogP contribution in [0.5, 0.6) is 0 Å². The van der Waals surface area contributed by atoms with Crippen molar-refractivity contribution in [1.82, 2.24) is 4.90 Å². The molecule has 1 heterocycles. The first-order valence-electron chi connectivity index (χ1n) is 5.50. The van der Waals surface area contributed by atoms with Crippen LogP contribution in [-0.4, -0.2) is 35.1 Å². The number of carbonyl (C=O) groups excluding carboxylic acids is 1. The molecule has 1 amide bonds. The first kappa shape index (κ1) is 13.1. The van der Waals surface area contributed by atoms with Gasteiger partial charge in [0.15, 0.2) is 0 Å². The number of rotatable bonds is 2. The average Bonchev–Trinajstić information content (AvgIpc) is 2.80. The molecule has 0 aliphatic carbocycles. The Morgan fingerprint density at radius 3 is 3.00 bits per heavy atom. The topological polar surface area (TPSA) is 40.5 Å². The van der Waals surface area contributed by atoms with Gasteiger partial charge in [-0.3, -0.25) is 4.79 Å². The number of likely N-dealkylation sites (tertiary alicyclic amines) is 1. The summed E-state index contributed by atoms with van der Waals surface area (Å²) in [6, 6.07) is 5.27. The Labute approximate surface area is 119 Å². The van der Waals surface area contributed by atoms with Crippen molar-refractivity contribution in [3.63, 3.8) is 0 Å². The highest BCUT2D eigenvalue weighted by atomic mass is 127. The summed E-state index contributed by atoms with van der Waals surface area (Å²) >= 11 is 8.13. The van der Waals surface area contributed by atoms with E-state index in [4.69, 9.17) is 11.6 Å². The second-order valence-corrected chi connectivity index (χ2v) is 5.68. The molecule has 0 radical (unpaired) electrons. The number of aliphatic hydroxyl groups excluding tert-OH is 1. The largest absolute Gasteiger partial charge is 0.394 e. The fraction of sp³-hybridized carbons (Fsp3) is 0.417. The van der Waals surface area contributed by atoms with E-state index in [1.54, 1.807) is 17.0 Å². The van der Waals surface area contributed by atoms with Crippen LogP contribution in [0.3, 0.4) is 0 Å². The zero-order valence-electron chi connectivity index (χ0n) is 9.20.